The summed E-state index contributed by atoms with van der Waals surface area (Å²) in [4.78, 5) is 31.5. The van der Waals surface area contributed by atoms with Crippen LogP contribution in [0.3, 0.4) is 0 Å². The van der Waals surface area contributed by atoms with Gasteiger partial charge in [-0.05, 0) is 49.6 Å². The van der Waals surface area contributed by atoms with Gasteiger partial charge in [0.25, 0.3) is 0 Å². The third-order valence-corrected chi connectivity index (χ3v) is 7.53. The second-order valence-electron chi connectivity index (χ2n) is 10.3. The number of carbonyl (C=O) groups excluding carboxylic acids is 2. The van der Waals surface area contributed by atoms with Gasteiger partial charge in [-0.15, -0.1) is 0 Å². The Kier molecular flexibility index (Phi) is 9.54. The molecule has 0 N–H and O–H groups in total. The van der Waals surface area contributed by atoms with Gasteiger partial charge in [0, 0.05) is 55.0 Å². The molecule has 3 amide bonds. The predicted molar refractivity (Wildman–Crippen MR) is 156 cm³/mol. The molecule has 9 heteroatoms. The van der Waals surface area contributed by atoms with E-state index in [1.807, 2.05) is 69.1 Å². The zero-order chi connectivity index (χ0) is 28.6. The van der Waals surface area contributed by atoms with E-state index in [-0.39, 0.29) is 31.1 Å². The molecule has 0 unspecified atom stereocenters. The van der Waals surface area contributed by atoms with Crippen LogP contribution >= 0.6 is 0 Å². The van der Waals surface area contributed by atoms with E-state index in [1.165, 1.54) is 4.90 Å². The number of rotatable bonds is 12. The topological polar surface area (TPSA) is 91.0 Å². The van der Waals surface area contributed by atoms with Crippen molar-refractivity contribution in [3.63, 3.8) is 0 Å². The summed E-state index contributed by atoms with van der Waals surface area (Å²) < 4.78 is 13.4. The molecule has 2 aromatic carbocycles. The largest absolute Gasteiger partial charge is 0.493 e. The number of methoxy groups -OCH3 is 1. The molecule has 1 aromatic heterocycles. The summed E-state index contributed by atoms with van der Waals surface area (Å²) in [6, 6.07) is 15.7. The lowest BCUT2D eigenvalue weighted by atomic mass is 10.1. The molecule has 1 saturated heterocycles. The Balaban J connectivity index is 1.54. The molecule has 0 saturated carbocycles. The summed E-state index contributed by atoms with van der Waals surface area (Å²) in [6.07, 6.45) is 5.91. The van der Waals surface area contributed by atoms with Gasteiger partial charge in [0.1, 0.15) is 13.1 Å². The van der Waals surface area contributed by atoms with E-state index in [4.69, 9.17) is 14.7 Å². The van der Waals surface area contributed by atoms with Gasteiger partial charge >= 0.3 is 6.03 Å². The van der Waals surface area contributed by atoms with Crippen molar-refractivity contribution in [2.24, 2.45) is 0 Å². The number of nitrogens with zero attached hydrogens (tertiary/aromatic N) is 5. The SMILES string of the molecule is CCCCCOc1cc(N2CC[C@H](C)N(Cc3cccc4c3ccn4CC(=O)N(C)CC#N)C2=O)ccc1OC. The summed E-state index contributed by atoms with van der Waals surface area (Å²) in [5.41, 5.74) is 2.73. The van der Waals surface area contributed by atoms with E-state index in [9.17, 15) is 9.59 Å². The van der Waals surface area contributed by atoms with Gasteiger partial charge in [-0.1, -0.05) is 31.9 Å². The molecule has 3 aromatic rings. The van der Waals surface area contributed by atoms with Crippen molar-refractivity contribution in [1.29, 1.82) is 5.26 Å². The maximum Gasteiger partial charge on any atom is 0.325 e. The highest BCUT2D eigenvalue weighted by atomic mass is 16.5. The molecule has 212 valence electrons. The number of ether oxygens (including phenoxy) is 2. The Hall–Kier alpha value is -4.19. The highest BCUT2D eigenvalue weighted by molar-refractivity contribution is 5.94. The number of likely N-dealkylation sites (N-methyl/N-ethyl adjacent to an activating group) is 1. The van der Waals surface area contributed by atoms with Crippen LogP contribution in [0.4, 0.5) is 10.5 Å². The molecule has 0 spiro atoms. The summed E-state index contributed by atoms with van der Waals surface area (Å²) >= 11 is 0. The number of aromatic nitrogens is 1. The first-order chi connectivity index (χ1) is 19.4. The predicted octanol–water partition coefficient (Wildman–Crippen LogP) is 5.42. The fraction of sp³-hybridized carbons (Fsp3) is 0.452. The normalized spacial score (nSPS) is 15.3. The smallest absolute Gasteiger partial charge is 0.325 e. The van der Waals surface area contributed by atoms with Crippen molar-refractivity contribution >= 4 is 28.5 Å². The second-order valence-corrected chi connectivity index (χ2v) is 10.3. The minimum atomic E-state index is -0.131. The van der Waals surface area contributed by atoms with Crippen LogP contribution in [0.25, 0.3) is 10.9 Å². The molecule has 1 aliphatic rings. The Morgan fingerprint density at radius 2 is 2.00 bits per heavy atom. The van der Waals surface area contributed by atoms with Crippen molar-refractivity contribution < 1.29 is 19.1 Å². The zero-order valence-electron chi connectivity index (χ0n) is 23.9. The van der Waals surface area contributed by atoms with Crippen molar-refractivity contribution in [2.45, 2.75) is 58.7 Å². The molecule has 40 heavy (non-hydrogen) atoms. The molecule has 0 bridgehead atoms. The molecule has 1 fully saturated rings. The number of anilines is 1. The van der Waals surface area contributed by atoms with Crippen LogP contribution < -0.4 is 14.4 Å². The van der Waals surface area contributed by atoms with Gasteiger partial charge in [0.2, 0.25) is 5.91 Å². The number of nitriles is 1. The van der Waals surface area contributed by atoms with Crippen molar-refractivity contribution in [3.05, 3.63) is 54.2 Å². The van der Waals surface area contributed by atoms with Crippen LogP contribution in [0.2, 0.25) is 0 Å². The summed E-state index contributed by atoms with van der Waals surface area (Å²) in [5.74, 6) is 1.17. The Labute approximate surface area is 236 Å². The van der Waals surface area contributed by atoms with Crippen molar-refractivity contribution in [3.8, 4) is 17.6 Å². The number of benzene rings is 2. The summed E-state index contributed by atoms with van der Waals surface area (Å²) in [6.45, 7) is 6.13. The standard InChI is InChI=1S/C31H39N5O4/c1-5-6-7-19-40-29-20-25(11-12-28(29)39-4)35-17-13-23(2)36(31(35)38)21-24-9-8-10-27-26(24)14-16-34(27)22-30(37)33(3)18-15-32/h8-12,14,16,20,23H,5-7,13,17-19,21-22H2,1-4H3/t23-/m0/s1. The first-order valence-corrected chi connectivity index (χ1v) is 13.9. The monoisotopic (exact) mass is 545 g/mol. The van der Waals surface area contributed by atoms with E-state index in [0.29, 0.717) is 31.2 Å². The Morgan fingerprint density at radius 1 is 1.18 bits per heavy atom. The number of urea groups is 1. The lowest BCUT2D eigenvalue weighted by molar-refractivity contribution is -0.129. The van der Waals surface area contributed by atoms with Gasteiger partial charge in [0.15, 0.2) is 11.5 Å². The molecule has 1 aliphatic heterocycles. The molecule has 2 heterocycles. The van der Waals surface area contributed by atoms with Crippen LogP contribution in [0.15, 0.2) is 48.7 Å². The van der Waals surface area contributed by atoms with Gasteiger partial charge in [-0.25, -0.2) is 4.79 Å². The van der Waals surface area contributed by atoms with E-state index in [1.54, 1.807) is 14.2 Å². The highest BCUT2D eigenvalue weighted by Crippen LogP contribution is 2.34. The van der Waals surface area contributed by atoms with Crippen LogP contribution in [0.5, 0.6) is 11.5 Å². The minimum absolute atomic E-state index is 0.0504. The number of hydrogen-bond acceptors (Lipinski definition) is 5. The molecule has 0 radical (unpaired) electrons. The van der Waals surface area contributed by atoms with E-state index >= 15 is 0 Å². The first-order valence-electron chi connectivity index (χ1n) is 13.9. The van der Waals surface area contributed by atoms with Gasteiger partial charge in [-0.2, -0.15) is 5.26 Å². The molecular weight excluding hydrogens is 506 g/mol. The van der Waals surface area contributed by atoms with Crippen molar-refractivity contribution in [2.75, 3.05) is 38.8 Å². The lowest BCUT2D eigenvalue weighted by Crippen LogP contribution is -2.53. The number of unbranched alkanes of at least 4 members (excludes halogenated alkanes) is 2. The number of amides is 3. The maximum absolute atomic E-state index is 13.8. The molecule has 4 rings (SSSR count). The number of carbonyl (C=O) groups is 2. The fourth-order valence-electron chi connectivity index (χ4n) is 5.06. The van der Waals surface area contributed by atoms with Crippen molar-refractivity contribution in [1.82, 2.24) is 14.4 Å². The summed E-state index contributed by atoms with van der Waals surface area (Å²) in [5, 5.41) is 9.90. The van der Waals surface area contributed by atoms with E-state index in [0.717, 1.165) is 47.8 Å². The van der Waals surface area contributed by atoms with Gasteiger partial charge < -0.3 is 23.8 Å². The maximum atomic E-state index is 13.8. The summed E-state index contributed by atoms with van der Waals surface area (Å²) in [7, 11) is 3.25. The zero-order valence-corrected chi connectivity index (χ0v) is 23.9. The van der Waals surface area contributed by atoms with Crippen LogP contribution in [0, 0.1) is 11.3 Å². The molecular formula is C31H39N5O4. The average molecular weight is 546 g/mol. The van der Waals surface area contributed by atoms with Gasteiger partial charge in [-0.3, -0.25) is 9.69 Å². The molecule has 0 aliphatic carbocycles. The second kappa shape index (κ2) is 13.2. The van der Waals surface area contributed by atoms with Crippen LogP contribution in [0.1, 0.15) is 45.1 Å². The number of hydrogen-bond donors (Lipinski definition) is 0. The quantitative estimate of drug-likeness (QED) is 0.224. The van der Waals surface area contributed by atoms with Crippen LogP contribution in [-0.4, -0.2) is 66.2 Å². The number of fused-ring (bicyclic) bond motifs is 1. The Morgan fingerprint density at radius 3 is 2.75 bits per heavy atom. The van der Waals surface area contributed by atoms with Crippen LogP contribution in [-0.2, 0) is 17.9 Å². The minimum Gasteiger partial charge on any atom is -0.493 e. The Bertz CT molecular complexity index is 1380. The average Bonchev–Trinajstić information content (AvgIpc) is 3.36. The van der Waals surface area contributed by atoms with E-state index in [2.05, 4.69) is 13.8 Å². The first kappa shape index (κ1) is 28.8. The fourth-order valence-corrected chi connectivity index (χ4v) is 5.06. The van der Waals surface area contributed by atoms with Gasteiger partial charge in [0.05, 0.1) is 19.8 Å². The molecule has 1 atom stereocenters. The van der Waals surface area contributed by atoms with E-state index < -0.39 is 0 Å². The molecule has 9 nitrogen and oxygen atoms in total. The highest BCUT2D eigenvalue weighted by Gasteiger charge is 2.32. The lowest BCUT2D eigenvalue weighted by Gasteiger charge is -2.40. The third-order valence-electron chi connectivity index (χ3n) is 7.53. The third kappa shape index (κ3) is 6.33.